The van der Waals surface area contributed by atoms with Gasteiger partial charge in [0.2, 0.25) is 0 Å². The van der Waals surface area contributed by atoms with E-state index >= 15 is 0 Å². The Morgan fingerprint density at radius 1 is 1.00 bits per heavy atom. The number of amides is 2. The molecule has 0 bridgehead atoms. The molecule has 4 aromatic rings. The van der Waals surface area contributed by atoms with E-state index < -0.39 is 29.4 Å². The molecule has 2 aliphatic heterocycles. The van der Waals surface area contributed by atoms with Crippen LogP contribution in [0.4, 0.5) is 21.1 Å². The highest BCUT2D eigenvalue weighted by atomic mass is 35.5. The van der Waals surface area contributed by atoms with Crippen molar-refractivity contribution in [2.45, 2.75) is 83.2 Å². The Balaban J connectivity index is 1.16. The van der Waals surface area contributed by atoms with E-state index in [1.807, 2.05) is 69.3 Å². The van der Waals surface area contributed by atoms with Crippen molar-refractivity contribution >= 4 is 46.1 Å². The third kappa shape index (κ3) is 8.26. The quantitative estimate of drug-likeness (QED) is 0.184. The standard InChI is InChI=1S/C41H46ClN7O5/c1-40(2,3)54-38(50)46-41(18-9-19-41)27-53-37-44-33-25-47(34-15-8-13-29-12-7-14-32(42)35(29)34)21-17-31(33)36(45-37)48-22-23-49(30(24-48)16-20-43)39(51)52-26-28-10-5-4-6-11-28/h4-8,10-15,30H,9,16-19,21-27H2,1-3H3,(H,46,50)/t30-/m0/s1. The molecule has 0 unspecified atom stereocenters. The van der Waals surface area contributed by atoms with Crippen molar-refractivity contribution in [1.82, 2.24) is 20.2 Å². The Hall–Kier alpha value is -5.28. The molecule has 2 amide bonds. The number of nitriles is 1. The molecular formula is C41H46ClN7O5. The topological polar surface area (TPSA) is 133 Å². The van der Waals surface area contributed by atoms with Crippen molar-refractivity contribution < 1.29 is 23.8 Å². The number of halogens is 1. The number of rotatable bonds is 9. The first-order valence-electron chi connectivity index (χ1n) is 18.6. The summed E-state index contributed by atoms with van der Waals surface area (Å²) in [7, 11) is 0. The lowest BCUT2D eigenvalue weighted by atomic mass is 9.77. The number of nitrogens with one attached hydrogen (secondary N) is 1. The molecule has 3 aromatic carbocycles. The molecule has 2 fully saturated rings. The molecule has 0 radical (unpaired) electrons. The summed E-state index contributed by atoms with van der Waals surface area (Å²) >= 11 is 6.75. The average molecular weight is 752 g/mol. The van der Waals surface area contributed by atoms with E-state index in [1.165, 1.54) is 0 Å². The zero-order valence-electron chi connectivity index (χ0n) is 31.0. The van der Waals surface area contributed by atoms with Crippen molar-refractivity contribution in [3.8, 4) is 12.1 Å². The first-order chi connectivity index (χ1) is 26.0. The number of alkyl carbamates (subject to hydrolysis) is 1. The van der Waals surface area contributed by atoms with Gasteiger partial charge in [-0.3, -0.25) is 0 Å². The molecule has 12 nitrogen and oxygen atoms in total. The summed E-state index contributed by atoms with van der Waals surface area (Å²) in [6, 6.07) is 23.7. The predicted octanol–water partition coefficient (Wildman–Crippen LogP) is 7.41. The normalized spacial score (nSPS) is 17.9. The molecule has 1 atom stereocenters. The summed E-state index contributed by atoms with van der Waals surface area (Å²) in [6.45, 7) is 8.30. The van der Waals surface area contributed by atoms with Crippen LogP contribution in [-0.4, -0.2) is 77.0 Å². The van der Waals surface area contributed by atoms with Gasteiger partial charge >= 0.3 is 18.2 Å². The number of aromatic nitrogens is 2. The van der Waals surface area contributed by atoms with E-state index in [1.54, 1.807) is 4.90 Å². The number of benzene rings is 3. The second kappa shape index (κ2) is 15.6. The number of fused-ring (bicyclic) bond motifs is 2. The maximum atomic E-state index is 13.3. The van der Waals surface area contributed by atoms with Crippen LogP contribution in [0.3, 0.4) is 0 Å². The van der Waals surface area contributed by atoms with E-state index in [0.29, 0.717) is 44.2 Å². The third-order valence-corrected chi connectivity index (χ3v) is 10.6. The lowest BCUT2D eigenvalue weighted by Crippen LogP contribution is -2.58. The molecule has 54 heavy (non-hydrogen) atoms. The van der Waals surface area contributed by atoms with Crippen LogP contribution in [0.5, 0.6) is 6.01 Å². The van der Waals surface area contributed by atoms with E-state index in [-0.39, 0.29) is 25.6 Å². The average Bonchev–Trinajstić information content (AvgIpc) is 3.14. The number of nitrogens with zero attached hydrogens (tertiary/aromatic N) is 6. The smallest absolute Gasteiger partial charge is 0.410 e. The predicted molar refractivity (Wildman–Crippen MR) is 207 cm³/mol. The van der Waals surface area contributed by atoms with Crippen LogP contribution < -0.4 is 19.9 Å². The number of carbonyl (C=O) groups excluding carboxylic acids is 2. The lowest BCUT2D eigenvalue weighted by molar-refractivity contribution is 0.0284. The zero-order valence-corrected chi connectivity index (χ0v) is 31.8. The van der Waals surface area contributed by atoms with Crippen molar-refractivity contribution in [1.29, 1.82) is 5.26 Å². The second-order valence-electron chi connectivity index (χ2n) is 15.3. The van der Waals surface area contributed by atoms with Crippen molar-refractivity contribution in [3.05, 3.63) is 88.6 Å². The largest absolute Gasteiger partial charge is 0.461 e. The van der Waals surface area contributed by atoms with Crippen molar-refractivity contribution in [2.24, 2.45) is 0 Å². The molecule has 1 saturated heterocycles. The van der Waals surface area contributed by atoms with Gasteiger partial charge in [0, 0.05) is 42.8 Å². The molecule has 13 heteroatoms. The fraction of sp³-hybridized carbons (Fsp3) is 0.439. The van der Waals surface area contributed by atoms with Gasteiger partial charge in [-0.05, 0) is 69.5 Å². The molecule has 1 N–H and O–H groups in total. The molecular weight excluding hydrogens is 706 g/mol. The number of hydrogen-bond acceptors (Lipinski definition) is 10. The molecule has 1 aliphatic carbocycles. The second-order valence-corrected chi connectivity index (χ2v) is 15.7. The highest BCUT2D eigenvalue weighted by molar-refractivity contribution is 6.36. The Morgan fingerprint density at radius 2 is 1.78 bits per heavy atom. The van der Waals surface area contributed by atoms with Gasteiger partial charge in [-0.25, -0.2) is 9.59 Å². The fourth-order valence-corrected chi connectivity index (χ4v) is 7.74. The molecule has 1 saturated carbocycles. The number of carbonyl (C=O) groups is 2. The Kier molecular flexibility index (Phi) is 10.7. The summed E-state index contributed by atoms with van der Waals surface area (Å²) < 4.78 is 17.6. The van der Waals surface area contributed by atoms with Crippen LogP contribution in [0.15, 0.2) is 66.7 Å². The molecule has 0 spiro atoms. The lowest BCUT2D eigenvalue weighted by Gasteiger charge is -2.42. The van der Waals surface area contributed by atoms with Gasteiger partial charge in [-0.15, -0.1) is 0 Å². The Bertz CT molecular complexity index is 2040. The van der Waals surface area contributed by atoms with Crippen LogP contribution in [0.25, 0.3) is 10.8 Å². The summed E-state index contributed by atoms with van der Waals surface area (Å²) in [5.74, 6) is 0.730. The SMILES string of the molecule is CC(C)(C)OC(=O)NC1(COc2nc3c(c(N4CCN(C(=O)OCc5ccccc5)[C@@H](CC#N)C4)n2)CCN(c2cccc4cccc(Cl)c24)C3)CCC1. The van der Waals surface area contributed by atoms with Crippen LogP contribution in [0.1, 0.15) is 63.3 Å². The minimum Gasteiger partial charge on any atom is -0.461 e. The van der Waals surface area contributed by atoms with Gasteiger partial charge < -0.3 is 34.2 Å². The Morgan fingerprint density at radius 3 is 2.50 bits per heavy atom. The maximum Gasteiger partial charge on any atom is 0.410 e. The zero-order chi connectivity index (χ0) is 37.9. The third-order valence-electron chi connectivity index (χ3n) is 10.3. The molecule has 282 valence electrons. The number of anilines is 2. The van der Waals surface area contributed by atoms with Crippen molar-refractivity contribution in [2.75, 3.05) is 42.6 Å². The minimum atomic E-state index is -0.626. The maximum absolute atomic E-state index is 13.3. The van der Waals surface area contributed by atoms with Gasteiger partial charge in [0.1, 0.15) is 24.6 Å². The number of hydrogen-bond donors (Lipinski definition) is 1. The van der Waals surface area contributed by atoms with Crippen LogP contribution in [0.2, 0.25) is 5.02 Å². The highest BCUT2D eigenvalue weighted by Gasteiger charge is 2.41. The molecule has 1 aromatic heterocycles. The van der Waals surface area contributed by atoms with Crippen molar-refractivity contribution in [3.63, 3.8) is 0 Å². The molecule has 7 rings (SSSR count). The van der Waals surface area contributed by atoms with Gasteiger partial charge in [0.05, 0.1) is 41.3 Å². The minimum absolute atomic E-state index is 0.141. The Labute approximate surface area is 321 Å². The number of ether oxygens (including phenoxy) is 3. The van der Waals surface area contributed by atoms with Gasteiger partial charge in [-0.2, -0.15) is 15.2 Å². The van der Waals surface area contributed by atoms with Gasteiger partial charge in [-0.1, -0.05) is 66.2 Å². The molecule has 3 aliphatic rings. The molecule has 3 heterocycles. The monoisotopic (exact) mass is 751 g/mol. The number of piperazine rings is 1. The van der Waals surface area contributed by atoms with E-state index in [0.717, 1.165) is 58.4 Å². The first kappa shape index (κ1) is 37.1. The van der Waals surface area contributed by atoms with Crippen LogP contribution >= 0.6 is 11.6 Å². The summed E-state index contributed by atoms with van der Waals surface area (Å²) in [4.78, 5) is 42.2. The van der Waals surface area contributed by atoms with E-state index in [4.69, 9.17) is 35.8 Å². The first-order valence-corrected chi connectivity index (χ1v) is 18.9. The van der Waals surface area contributed by atoms with Crippen LogP contribution in [-0.2, 0) is 29.0 Å². The van der Waals surface area contributed by atoms with E-state index in [2.05, 4.69) is 39.4 Å². The highest BCUT2D eigenvalue weighted by Crippen LogP contribution is 2.38. The van der Waals surface area contributed by atoms with E-state index in [9.17, 15) is 14.9 Å². The summed E-state index contributed by atoms with van der Waals surface area (Å²) in [5.41, 5.74) is 2.54. The summed E-state index contributed by atoms with van der Waals surface area (Å²) in [6.07, 6.45) is 2.33. The fourth-order valence-electron chi connectivity index (χ4n) is 7.46. The van der Waals surface area contributed by atoms with Crippen LogP contribution in [0, 0.1) is 11.3 Å². The van der Waals surface area contributed by atoms with Gasteiger partial charge in [0.25, 0.3) is 0 Å². The summed E-state index contributed by atoms with van der Waals surface area (Å²) in [5, 5.41) is 15.6. The van der Waals surface area contributed by atoms with Gasteiger partial charge in [0.15, 0.2) is 0 Å².